The Balaban J connectivity index is 2.60. The molecule has 0 saturated carbocycles. The summed E-state index contributed by atoms with van der Waals surface area (Å²) in [5.41, 5.74) is -1.28. The van der Waals surface area contributed by atoms with E-state index < -0.39 is 24.1 Å². The van der Waals surface area contributed by atoms with Crippen LogP contribution < -0.4 is 0 Å². The maximum Gasteiger partial charge on any atom is 0.453 e. The van der Waals surface area contributed by atoms with Crippen molar-refractivity contribution >= 4 is 0 Å². The van der Waals surface area contributed by atoms with Crippen molar-refractivity contribution in [2.24, 2.45) is 0 Å². The highest BCUT2D eigenvalue weighted by Gasteiger charge is 2.62. The van der Waals surface area contributed by atoms with Gasteiger partial charge in [-0.1, -0.05) is 0 Å². The van der Waals surface area contributed by atoms with Gasteiger partial charge >= 0.3 is 12.1 Å². The van der Waals surface area contributed by atoms with E-state index in [9.17, 15) is 22.0 Å². The maximum atomic E-state index is 12.3. The zero-order valence-electron chi connectivity index (χ0n) is 6.21. The summed E-state index contributed by atoms with van der Waals surface area (Å²) in [5.74, 6) is -4.64. The van der Waals surface area contributed by atoms with Gasteiger partial charge < -0.3 is 4.74 Å². The fraction of sp³-hybridized carbons (Fsp3) is 1.00. The fourth-order valence-corrected chi connectivity index (χ4v) is 0.795. The molecule has 1 rings (SSSR count). The van der Waals surface area contributed by atoms with E-state index in [-0.39, 0.29) is 6.61 Å². The largest absolute Gasteiger partial charge is 0.453 e. The standard InChI is InChI=1S/C6H7F5O/c1-4(3-12-4)2-5(7,8)6(9,10)11/h2-3H2,1H3. The molecule has 72 valence electrons. The Morgan fingerprint density at radius 1 is 1.25 bits per heavy atom. The summed E-state index contributed by atoms with van der Waals surface area (Å²) in [6, 6.07) is 0. The Bertz CT molecular complexity index is 181. The third kappa shape index (κ3) is 1.85. The predicted octanol–water partition coefficient (Wildman–Crippen LogP) is 2.36. The van der Waals surface area contributed by atoms with E-state index in [1.165, 1.54) is 6.92 Å². The van der Waals surface area contributed by atoms with E-state index in [1.807, 2.05) is 0 Å². The second kappa shape index (κ2) is 2.31. The summed E-state index contributed by atoms with van der Waals surface area (Å²) in [6.45, 7) is 1.20. The van der Waals surface area contributed by atoms with Crippen molar-refractivity contribution in [3.8, 4) is 0 Å². The molecule has 0 aliphatic carbocycles. The molecule has 0 radical (unpaired) electrons. The Labute approximate surface area is 65.5 Å². The van der Waals surface area contributed by atoms with Crippen molar-refractivity contribution in [2.45, 2.75) is 31.0 Å². The van der Waals surface area contributed by atoms with Gasteiger partial charge in [-0.05, 0) is 6.92 Å². The highest BCUT2D eigenvalue weighted by molar-refractivity contribution is 4.94. The van der Waals surface area contributed by atoms with Gasteiger partial charge in [0.05, 0.1) is 18.6 Å². The number of hydrogen-bond acceptors (Lipinski definition) is 1. The Hall–Kier alpha value is -0.390. The zero-order valence-corrected chi connectivity index (χ0v) is 6.21. The van der Waals surface area contributed by atoms with Gasteiger partial charge in [0.1, 0.15) is 0 Å². The normalized spacial score (nSPS) is 30.5. The first kappa shape index (κ1) is 9.70. The molecule has 1 heterocycles. The van der Waals surface area contributed by atoms with Crippen LogP contribution in [0.2, 0.25) is 0 Å². The second-order valence-corrected chi connectivity index (χ2v) is 3.12. The molecule has 1 nitrogen and oxygen atoms in total. The minimum absolute atomic E-state index is 0.0291. The summed E-state index contributed by atoms with van der Waals surface area (Å²) in [7, 11) is 0. The van der Waals surface area contributed by atoms with Crippen LogP contribution in [0.3, 0.4) is 0 Å². The van der Waals surface area contributed by atoms with E-state index in [4.69, 9.17) is 0 Å². The molecule has 1 aliphatic heterocycles. The Kier molecular flexibility index (Phi) is 1.86. The highest BCUT2D eigenvalue weighted by atomic mass is 19.4. The number of rotatable bonds is 2. The Morgan fingerprint density at radius 2 is 1.67 bits per heavy atom. The first-order valence-corrected chi connectivity index (χ1v) is 3.25. The first-order chi connectivity index (χ1) is 5.16. The van der Waals surface area contributed by atoms with E-state index in [0.29, 0.717) is 0 Å². The lowest BCUT2D eigenvalue weighted by Gasteiger charge is -2.20. The summed E-state index contributed by atoms with van der Waals surface area (Å²) >= 11 is 0. The molecule has 6 heteroatoms. The van der Waals surface area contributed by atoms with E-state index in [0.717, 1.165) is 0 Å². The molecule has 0 bridgehead atoms. The molecule has 0 spiro atoms. The summed E-state index contributed by atoms with van der Waals surface area (Å²) in [4.78, 5) is 0. The molecule has 1 fully saturated rings. The fourth-order valence-electron chi connectivity index (χ4n) is 0.795. The van der Waals surface area contributed by atoms with Gasteiger partial charge in [0.2, 0.25) is 0 Å². The van der Waals surface area contributed by atoms with Crippen molar-refractivity contribution in [1.29, 1.82) is 0 Å². The molecule has 1 unspecified atom stereocenters. The van der Waals surface area contributed by atoms with Crippen molar-refractivity contribution in [3.05, 3.63) is 0 Å². The summed E-state index contributed by atoms with van der Waals surface area (Å²) in [6.07, 6.45) is -6.76. The minimum atomic E-state index is -5.47. The van der Waals surface area contributed by atoms with Crippen LogP contribution in [0, 0.1) is 0 Å². The molecule has 1 atom stereocenters. The number of hydrogen-bond donors (Lipinski definition) is 0. The molecule has 1 aliphatic rings. The van der Waals surface area contributed by atoms with E-state index >= 15 is 0 Å². The average molecular weight is 190 g/mol. The predicted molar refractivity (Wildman–Crippen MR) is 30.0 cm³/mol. The van der Waals surface area contributed by atoms with Crippen LogP contribution in [-0.4, -0.2) is 24.3 Å². The molecule has 12 heavy (non-hydrogen) atoms. The lowest BCUT2D eigenvalue weighted by molar-refractivity contribution is -0.288. The highest BCUT2D eigenvalue weighted by Crippen LogP contribution is 2.45. The Morgan fingerprint density at radius 3 is 1.92 bits per heavy atom. The topological polar surface area (TPSA) is 12.5 Å². The van der Waals surface area contributed by atoms with Gasteiger partial charge in [-0.2, -0.15) is 22.0 Å². The summed E-state index contributed by atoms with van der Waals surface area (Å²) in [5, 5.41) is 0. The number of halogens is 5. The third-order valence-corrected chi connectivity index (χ3v) is 1.65. The molecule has 0 aromatic heterocycles. The van der Waals surface area contributed by atoms with Crippen LogP contribution in [0.15, 0.2) is 0 Å². The molecular weight excluding hydrogens is 183 g/mol. The van der Waals surface area contributed by atoms with Gasteiger partial charge in [-0.3, -0.25) is 0 Å². The van der Waals surface area contributed by atoms with Gasteiger partial charge in [-0.25, -0.2) is 0 Å². The molecular formula is C6H7F5O. The quantitative estimate of drug-likeness (QED) is 0.481. The van der Waals surface area contributed by atoms with Crippen LogP contribution in [0.25, 0.3) is 0 Å². The molecule has 0 aromatic rings. The monoisotopic (exact) mass is 190 g/mol. The van der Waals surface area contributed by atoms with Crippen molar-refractivity contribution in [2.75, 3.05) is 6.61 Å². The van der Waals surface area contributed by atoms with Crippen LogP contribution in [0.4, 0.5) is 22.0 Å². The number of alkyl halides is 5. The molecule has 1 saturated heterocycles. The molecule has 0 N–H and O–H groups in total. The smallest absolute Gasteiger partial charge is 0.370 e. The lowest BCUT2D eigenvalue weighted by atomic mass is 10.0. The van der Waals surface area contributed by atoms with Gasteiger partial charge in [-0.15, -0.1) is 0 Å². The number of ether oxygens (including phenoxy) is 1. The van der Waals surface area contributed by atoms with Crippen LogP contribution in [0.5, 0.6) is 0 Å². The molecule has 0 amide bonds. The average Bonchev–Trinajstić information content (AvgIpc) is 2.42. The van der Waals surface area contributed by atoms with E-state index in [1.54, 1.807) is 0 Å². The van der Waals surface area contributed by atoms with E-state index in [2.05, 4.69) is 4.74 Å². The first-order valence-electron chi connectivity index (χ1n) is 3.25. The number of epoxide rings is 1. The van der Waals surface area contributed by atoms with Crippen molar-refractivity contribution in [3.63, 3.8) is 0 Å². The van der Waals surface area contributed by atoms with Crippen LogP contribution in [-0.2, 0) is 4.74 Å². The summed E-state index contributed by atoms with van der Waals surface area (Å²) < 4.78 is 63.7. The minimum Gasteiger partial charge on any atom is -0.370 e. The third-order valence-electron chi connectivity index (χ3n) is 1.65. The molecule has 0 aromatic carbocycles. The SMILES string of the molecule is CC1(CC(F)(F)C(F)(F)F)CO1. The van der Waals surface area contributed by atoms with Crippen molar-refractivity contribution < 1.29 is 26.7 Å². The maximum absolute atomic E-state index is 12.3. The van der Waals surface area contributed by atoms with Crippen molar-refractivity contribution in [1.82, 2.24) is 0 Å². The van der Waals surface area contributed by atoms with Gasteiger partial charge in [0, 0.05) is 0 Å². The second-order valence-electron chi connectivity index (χ2n) is 3.12. The lowest BCUT2D eigenvalue weighted by Crippen LogP contribution is -2.39. The van der Waals surface area contributed by atoms with Gasteiger partial charge in [0.25, 0.3) is 0 Å². The zero-order chi connectivity index (χ0) is 9.62. The van der Waals surface area contributed by atoms with Crippen LogP contribution >= 0.6 is 0 Å². The van der Waals surface area contributed by atoms with Crippen LogP contribution in [0.1, 0.15) is 13.3 Å². The van der Waals surface area contributed by atoms with Gasteiger partial charge in [0.15, 0.2) is 0 Å².